The van der Waals surface area contributed by atoms with Gasteiger partial charge in [0.1, 0.15) is 5.75 Å². The molecule has 0 bridgehead atoms. The van der Waals surface area contributed by atoms with Crippen molar-refractivity contribution < 1.29 is 9.53 Å². The van der Waals surface area contributed by atoms with Crippen LogP contribution < -0.4 is 4.74 Å². The lowest BCUT2D eigenvalue weighted by atomic mass is 9.81. The van der Waals surface area contributed by atoms with Gasteiger partial charge in [-0.05, 0) is 59.4 Å². The SMILES string of the molecule is COc1ccc([C@H]2CC(=O)C=C(c3cccc(Br)c3)C2)cc1. The number of allylic oxidation sites excluding steroid dienone is 2. The number of hydrogen-bond donors (Lipinski definition) is 0. The van der Waals surface area contributed by atoms with Gasteiger partial charge < -0.3 is 4.74 Å². The van der Waals surface area contributed by atoms with Gasteiger partial charge in [-0.2, -0.15) is 0 Å². The van der Waals surface area contributed by atoms with Gasteiger partial charge >= 0.3 is 0 Å². The summed E-state index contributed by atoms with van der Waals surface area (Å²) in [6.45, 7) is 0. The van der Waals surface area contributed by atoms with Gasteiger partial charge in [-0.15, -0.1) is 0 Å². The van der Waals surface area contributed by atoms with Gasteiger partial charge in [0.05, 0.1) is 7.11 Å². The molecule has 0 spiro atoms. The first-order chi connectivity index (χ1) is 10.7. The van der Waals surface area contributed by atoms with Crippen molar-refractivity contribution in [3.8, 4) is 5.75 Å². The van der Waals surface area contributed by atoms with E-state index in [1.165, 1.54) is 5.56 Å². The monoisotopic (exact) mass is 356 g/mol. The highest BCUT2D eigenvalue weighted by Crippen LogP contribution is 2.36. The van der Waals surface area contributed by atoms with Crippen LogP contribution in [0.2, 0.25) is 0 Å². The molecule has 0 aromatic heterocycles. The normalized spacial score (nSPS) is 18.0. The van der Waals surface area contributed by atoms with Crippen LogP contribution in [0.3, 0.4) is 0 Å². The Morgan fingerprint density at radius 1 is 1.09 bits per heavy atom. The van der Waals surface area contributed by atoms with Crippen LogP contribution in [0, 0.1) is 0 Å². The maximum Gasteiger partial charge on any atom is 0.156 e. The molecule has 0 amide bonds. The van der Waals surface area contributed by atoms with E-state index in [1.807, 2.05) is 24.3 Å². The Labute approximate surface area is 138 Å². The topological polar surface area (TPSA) is 26.3 Å². The molecule has 0 heterocycles. The summed E-state index contributed by atoms with van der Waals surface area (Å²) in [6.07, 6.45) is 3.25. The van der Waals surface area contributed by atoms with E-state index in [0.29, 0.717) is 6.42 Å². The molecular weight excluding hydrogens is 340 g/mol. The third-order valence-corrected chi connectivity index (χ3v) is 4.52. The van der Waals surface area contributed by atoms with Gasteiger partial charge in [-0.3, -0.25) is 4.79 Å². The highest BCUT2D eigenvalue weighted by atomic mass is 79.9. The summed E-state index contributed by atoms with van der Waals surface area (Å²) in [5.74, 6) is 1.27. The summed E-state index contributed by atoms with van der Waals surface area (Å²) in [6, 6.07) is 16.1. The number of rotatable bonds is 3. The van der Waals surface area contributed by atoms with Crippen molar-refractivity contribution >= 4 is 27.3 Å². The predicted molar refractivity (Wildman–Crippen MR) is 92.1 cm³/mol. The van der Waals surface area contributed by atoms with Crippen molar-refractivity contribution in [1.29, 1.82) is 0 Å². The van der Waals surface area contributed by atoms with Crippen molar-refractivity contribution in [2.75, 3.05) is 7.11 Å². The molecule has 2 aromatic rings. The summed E-state index contributed by atoms with van der Waals surface area (Å²) in [7, 11) is 1.66. The zero-order chi connectivity index (χ0) is 15.5. The van der Waals surface area contributed by atoms with E-state index in [-0.39, 0.29) is 11.7 Å². The molecule has 22 heavy (non-hydrogen) atoms. The van der Waals surface area contributed by atoms with Gasteiger partial charge in [-0.25, -0.2) is 0 Å². The summed E-state index contributed by atoms with van der Waals surface area (Å²) in [4.78, 5) is 12.1. The molecule has 0 saturated carbocycles. The smallest absolute Gasteiger partial charge is 0.156 e. The first-order valence-corrected chi connectivity index (χ1v) is 8.08. The van der Waals surface area contributed by atoms with E-state index in [9.17, 15) is 4.79 Å². The van der Waals surface area contributed by atoms with Crippen molar-refractivity contribution in [2.24, 2.45) is 0 Å². The van der Waals surface area contributed by atoms with E-state index in [0.717, 1.165) is 27.8 Å². The summed E-state index contributed by atoms with van der Waals surface area (Å²) >= 11 is 3.49. The van der Waals surface area contributed by atoms with Gasteiger partial charge in [-0.1, -0.05) is 40.2 Å². The van der Waals surface area contributed by atoms with E-state index < -0.39 is 0 Å². The molecule has 0 unspecified atom stereocenters. The average molecular weight is 357 g/mol. The molecule has 0 fully saturated rings. The quantitative estimate of drug-likeness (QED) is 0.774. The minimum Gasteiger partial charge on any atom is -0.497 e. The average Bonchev–Trinajstić information content (AvgIpc) is 2.54. The van der Waals surface area contributed by atoms with Crippen LogP contribution in [0.25, 0.3) is 5.57 Å². The Morgan fingerprint density at radius 2 is 1.86 bits per heavy atom. The third kappa shape index (κ3) is 3.30. The number of halogens is 1. The largest absolute Gasteiger partial charge is 0.497 e. The van der Waals surface area contributed by atoms with Crippen molar-refractivity contribution in [2.45, 2.75) is 18.8 Å². The summed E-state index contributed by atoms with van der Waals surface area (Å²) < 4.78 is 6.23. The molecule has 0 radical (unpaired) electrons. The third-order valence-electron chi connectivity index (χ3n) is 4.03. The van der Waals surface area contributed by atoms with Crippen molar-refractivity contribution in [3.05, 3.63) is 70.2 Å². The highest BCUT2D eigenvalue weighted by molar-refractivity contribution is 9.10. The lowest BCUT2D eigenvalue weighted by Gasteiger charge is -2.23. The van der Waals surface area contributed by atoms with Crippen molar-refractivity contribution in [3.63, 3.8) is 0 Å². The number of methoxy groups -OCH3 is 1. The predicted octanol–water partition coefficient (Wildman–Crippen LogP) is 4.99. The lowest BCUT2D eigenvalue weighted by Crippen LogP contribution is -2.12. The Morgan fingerprint density at radius 3 is 2.55 bits per heavy atom. The van der Waals surface area contributed by atoms with Crippen molar-refractivity contribution in [1.82, 2.24) is 0 Å². The second kappa shape index (κ2) is 6.49. The zero-order valence-electron chi connectivity index (χ0n) is 12.4. The maximum absolute atomic E-state index is 12.1. The van der Waals surface area contributed by atoms with Crippen LogP contribution in [0.15, 0.2) is 59.1 Å². The van der Waals surface area contributed by atoms with E-state index in [1.54, 1.807) is 13.2 Å². The minimum absolute atomic E-state index is 0.196. The fraction of sp³-hybridized carbons (Fsp3) is 0.211. The number of benzene rings is 2. The van der Waals surface area contributed by atoms with Crippen LogP contribution in [-0.2, 0) is 4.79 Å². The van der Waals surface area contributed by atoms with E-state index >= 15 is 0 Å². The number of ketones is 1. The van der Waals surface area contributed by atoms with Gasteiger partial charge in [0, 0.05) is 10.9 Å². The lowest BCUT2D eigenvalue weighted by molar-refractivity contribution is -0.115. The second-order valence-corrected chi connectivity index (χ2v) is 6.44. The number of ether oxygens (including phenoxy) is 1. The number of carbonyl (C=O) groups is 1. The standard InChI is InChI=1S/C19H17BrO2/c1-22-19-7-5-13(6-8-19)15-9-16(12-18(21)11-15)14-3-2-4-17(20)10-14/h2-8,10,12,15H,9,11H2,1H3/t15-/m1/s1. The molecular formula is C19H17BrO2. The number of hydrogen-bond acceptors (Lipinski definition) is 2. The first kappa shape index (κ1) is 15.0. The van der Waals surface area contributed by atoms with Crippen LogP contribution in [0.5, 0.6) is 5.75 Å². The molecule has 2 aromatic carbocycles. The second-order valence-electron chi connectivity index (χ2n) is 5.52. The fourth-order valence-electron chi connectivity index (χ4n) is 2.89. The zero-order valence-corrected chi connectivity index (χ0v) is 14.0. The molecule has 0 aliphatic heterocycles. The molecule has 3 rings (SSSR count). The highest BCUT2D eigenvalue weighted by Gasteiger charge is 2.23. The van der Waals surface area contributed by atoms with E-state index in [2.05, 4.69) is 40.2 Å². The summed E-state index contributed by atoms with van der Waals surface area (Å²) in [5, 5.41) is 0. The molecule has 1 aliphatic rings. The molecule has 3 heteroatoms. The van der Waals surface area contributed by atoms with Crippen LogP contribution in [-0.4, -0.2) is 12.9 Å². The van der Waals surface area contributed by atoms with Crippen LogP contribution >= 0.6 is 15.9 Å². The van der Waals surface area contributed by atoms with Crippen LogP contribution in [0.4, 0.5) is 0 Å². The Balaban J connectivity index is 1.87. The van der Waals surface area contributed by atoms with Gasteiger partial charge in [0.15, 0.2) is 5.78 Å². The maximum atomic E-state index is 12.1. The Kier molecular flexibility index (Phi) is 4.44. The molecule has 2 nitrogen and oxygen atoms in total. The molecule has 0 saturated heterocycles. The molecule has 112 valence electrons. The van der Waals surface area contributed by atoms with Crippen LogP contribution in [0.1, 0.15) is 29.9 Å². The molecule has 1 aliphatic carbocycles. The first-order valence-electron chi connectivity index (χ1n) is 7.29. The van der Waals surface area contributed by atoms with Gasteiger partial charge in [0.2, 0.25) is 0 Å². The van der Waals surface area contributed by atoms with E-state index in [4.69, 9.17) is 4.74 Å². The number of carbonyl (C=O) groups excluding carboxylic acids is 1. The Bertz CT molecular complexity index is 716. The molecule has 1 atom stereocenters. The molecule has 0 N–H and O–H groups in total. The summed E-state index contributed by atoms with van der Waals surface area (Å²) in [5.41, 5.74) is 3.41. The minimum atomic E-state index is 0.196. The Hall–Kier alpha value is -1.87. The fourth-order valence-corrected chi connectivity index (χ4v) is 3.29. The van der Waals surface area contributed by atoms with Gasteiger partial charge in [0.25, 0.3) is 0 Å².